The number of aromatic carboxylic acids is 1. The molecule has 1 aromatic rings. The van der Waals surface area contributed by atoms with Crippen molar-refractivity contribution in [3.63, 3.8) is 0 Å². The van der Waals surface area contributed by atoms with Crippen molar-refractivity contribution in [2.75, 3.05) is 6.54 Å². The molecule has 1 atom stereocenters. The topological polar surface area (TPSA) is 113 Å². The lowest BCUT2D eigenvalue weighted by Gasteiger charge is -2.12. The second-order valence-corrected chi connectivity index (χ2v) is 6.37. The minimum atomic E-state index is -3.97. The van der Waals surface area contributed by atoms with Crippen molar-refractivity contribution in [1.29, 1.82) is 0 Å². The lowest BCUT2D eigenvalue weighted by molar-refractivity contribution is -0.119. The SMILES string of the molecule is O=C1CCC(CNS(=O)(=O)c2ccc(F)c(C(=O)O)c2)N1. The molecule has 9 heteroatoms. The Kier molecular flexibility index (Phi) is 4.24. The van der Waals surface area contributed by atoms with Crippen LogP contribution in [0.15, 0.2) is 23.1 Å². The molecule has 0 saturated carbocycles. The van der Waals surface area contributed by atoms with Crippen molar-refractivity contribution in [2.24, 2.45) is 0 Å². The third-order valence-electron chi connectivity index (χ3n) is 3.08. The summed E-state index contributed by atoms with van der Waals surface area (Å²) in [5.41, 5.74) is -0.716. The van der Waals surface area contributed by atoms with Gasteiger partial charge in [-0.25, -0.2) is 22.3 Å². The molecule has 1 heterocycles. The molecular weight excluding hydrogens is 303 g/mol. The predicted molar refractivity (Wildman–Crippen MR) is 69.7 cm³/mol. The normalized spacial score (nSPS) is 18.5. The Morgan fingerprint density at radius 2 is 2.19 bits per heavy atom. The van der Waals surface area contributed by atoms with E-state index in [1.54, 1.807) is 0 Å². The van der Waals surface area contributed by atoms with E-state index in [-0.39, 0.29) is 23.4 Å². The molecule has 114 valence electrons. The maximum atomic E-state index is 13.2. The predicted octanol–water partition coefficient (Wildman–Crippen LogP) is 0.0808. The fourth-order valence-electron chi connectivity index (χ4n) is 1.96. The maximum Gasteiger partial charge on any atom is 0.338 e. The summed E-state index contributed by atoms with van der Waals surface area (Å²) in [6.45, 7) is -0.00610. The Labute approximate surface area is 120 Å². The molecule has 1 aliphatic heterocycles. The molecule has 0 bridgehead atoms. The van der Waals surface area contributed by atoms with Crippen LogP contribution in [-0.2, 0) is 14.8 Å². The van der Waals surface area contributed by atoms with Gasteiger partial charge < -0.3 is 10.4 Å². The Morgan fingerprint density at radius 3 is 2.76 bits per heavy atom. The van der Waals surface area contributed by atoms with Crippen LogP contribution in [0.4, 0.5) is 4.39 Å². The average molecular weight is 316 g/mol. The van der Waals surface area contributed by atoms with Crippen LogP contribution in [0, 0.1) is 5.82 Å². The Morgan fingerprint density at radius 1 is 1.48 bits per heavy atom. The zero-order chi connectivity index (χ0) is 15.6. The summed E-state index contributed by atoms with van der Waals surface area (Å²) >= 11 is 0. The highest BCUT2D eigenvalue weighted by molar-refractivity contribution is 7.89. The van der Waals surface area contributed by atoms with Gasteiger partial charge in [-0.05, 0) is 24.6 Å². The molecular formula is C12H13FN2O5S. The van der Waals surface area contributed by atoms with Crippen molar-refractivity contribution >= 4 is 21.9 Å². The smallest absolute Gasteiger partial charge is 0.338 e. The summed E-state index contributed by atoms with van der Waals surface area (Å²) < 4.78 is 39.5. The van der Waals surface area contributed by atoms with Gasteiger partial charge in [0, 0.05) is 19.0 Å². The van der Waals surface area contributed by atoms with E-state index in [0.717, 1.165) is 18.2 Å². The monoisotopic (exact) mass is 316 g/mol. The van der Waals surface area contributed by atoms with E-state index in [1.165, 1.54) is 0 Å². The molecule has 0 aromatic heterocycles. The minimum Gasteiger partial charge on any atom is -0.478 e. The fourth-order valence-corrected chi connectivity index (χ4v) is 3.07. The molecule has 1 unspecified atom stereocenters. The van der Waals surface area contributed by atoms with Gasteiger partial charge in [-0.2, -0.15) is 0 Å². The van der Waals surface area contributed by atoms with Crippen molar-refractivity contribution < 1.29 is 27.5 Å². The number of sulfonamides is 1. The zero-order valence-corrected chi connectivity index (χ0v) is 11.6. The van der Waals surface area contributed by atoms with E-state index < -0.39 is 27.4 Å². The highest BCUT2D eigenvalue weighted by Crippen LogP contribution is 2.15. The van der Waals surface area contributed by atoms with Gasteiger partial charge in [0.1, 0.15) is 5.82 Å². The van der Waals surface area contributed by atoms with Crippen LogP contribution in [0.3, 0.4) is 0 Å². The summed E-state index contributed by atoms with van der Waals surface area (Å²) in [6.07, 6.45) is 0.858. The number of carbonyl (C=O) groups excluding carboxylic acids is 1. The van der Waals surface area contributed by atoms with E-state index in [2.05, 4.69) is 10.0 Å². The highest BCUT2D eigenvalue weighted by atomic mass is 32.2. The van der Waals surface area contributed by atoms with Crippen LogP contribution in [-0.4, -0.2) is 38.0 Å². The van der Waals surface area contributed by atoms with Gasteiger partial charge >= 0.3 is 5.97 Å². The molecule has 3 N–H and O–H groups in total. The van der Waals surface area contributed by atoms with E-state index in [1.807, 2.05) is 0 Å². The van der Waals surface area contributed by atoms with Gasteiger partial charge in [0.15, 0.2) is 0 Å². The van der Waals surface area contributed by atoms with Crippen molar-refractivity contribution in [3.8, 4) is 0 Å². The molecule has 1 amide bonds. The molecule has 1 aromatic carbocycles. The summed E-state index contributed by atoms with van der Waals surface area (Å²) in [4.78, 5) is 21.5. The molecule has 1 aliphatic rings. The van der Waals surface area contributed by atoms with E-state index >= 15 is 0 Å². The van der Waals surface area contributed by atoms with Crippen LogP contribution in [0.1, 0.15) is 23.2 Å². The summed E-state index contributed by atoms with van der Waals surface area (Å²) in [7, 11) is -3.97. The second-order valence-electron chi connectivity index (χ2n) is 4.60. The number of hydrogen-bond donors (Lipinski definition) is 3. The first-order valence-electron chi connectivity index (χ1n) is 6.11. The largest absolute Gasteiger partial charge is 0.478 e. The van der Waals surface area contributed by atoms with E-state index in [4.69, 9.17) is 5.11 Å². The van der Waals surface area contributed by atoms with Gasteiger partial charge in [0.2, 0.25) is 15.9 Å². The number of amides is 1. The van der Waals surface area contributed by atoms with Gasteiger partial charge in [-0.1, -0.05) is 0 Å². The Bertz CT molecular complexity index is 689. The molecule has 1 fully saturated rings. The third kappa shape index (κ3) is 3.56. The zero-order valence-electron chi connectivity index (χ0n) is 10.8. The Hall–Kier alpha value is -2.00. The average Bonchev–Trinajstić information content (AvgIpc) is 2.82. The maximum absolute atomic E-state index is 13.2. The Balaban J connectivity index is 2.14. The number of benzene rings is 1. The molecule has 1 saturated heterocycles. The number of carboxylic acids is 1. The number of hydrogen-bond acceptors (Lipinski definition) is 4. The highest BCUT2D eigenvalue weighted by Gasteiger charge is 2.24. The number of rotatable bonds is 5. The van der Waals surface area contributed by atoms with Crippen LogP contribution in [0.2, 0.25) is 0 Å². The van der Waals surface area contributed by atoms with E-state index in [9.17, 15) is 22.4 Å². The molecule has 0 radical (unpaired) electrons. The molecule has 7 nitrogen and oxygen atoms in total. The van der Waals surface area contributed by atoms with Crippen LogP contribution in [0.5, 0.6) is 0 Å². The lowest BCUT2D eigenvalue weighted by Crippen LogP contribution is -2.38. The summed E-state index contributed by atoms with van der Waals surface area (Å²) in [6, 6.07) is 2.23. The van der Waals surface area contributed by atoms with E-state index in [0.29, 0.717) is 12.8 Å². The lowest BCUT2D eigenvalue weighted by atomic mass is 10.2. The van der Waals surface area contributed by atoms with Crippen molar-refractivity contribution in [1.82, 2.24) is 10.0 Å². The minimum absolute atomic E-state index is 0.00610. The first kappa shape index (κ1) is 15.4. The number of carbonyl (C=O) groups is 2. The van der Waals surface area contributed by atoms with Gasteiger partial charge in [-0.3, -0.25) is 4.79 Å². The van der Waals surface area contributed by atoms with Crippen LogP contribution in [0.25, 0.3) is 0 Å². The summed E-state index contributed by atoms with van der Waals surface area (Å²) in [5.74, 6) is -2.70. The van der Waals surface area contributed by atoms with Gasteiger partial charge in [0.05, 0.1) is 10.5 Å². The molecule has 0 spiro atoms. The third-order valence-corrected chi connectivity index (χ3v) is 4.50. The summed E-state index contributed by atoms with van der Waals surface area (Å²) in [5, 5.41) is 11.4. The first-order valence-corrected chi connectivity index (χ1v) is 7.60. The fraction of sp³-hybridized carbons (Fsp3) is 0.333. The van der Waals surface area contributed by atoms with Gasteiger partial charge in [0.25, 0.3) is 0 Å². The number of halogens is 1. The number of carboxylic acid groups (broad SMARTS) is 1. The molecule has 2 rings (SSSR count). The van der Waals surface area contributed by atoms with Crippen LogP contribution < -0.4 is 10.0 Å². The number of nitrogens with one attached hydrogen (secondary N) is 2. The second kappa shape index (κ2) is 5.78. The molecule has 21 heavy (non-hydrogen) atoms. The van der Waals surface area contributed by atoms with Gasteiger partial charge in [-0.15, -0.1) is 0 Å². The molecule has 0 aliphatic carbocycles. The van der Waals surface area contributed by atoms with Crippen LogP contribution >= 0.6 is 0 Å². The first-order chi connectivity index (χ1) is 9.79. The quantitative estimate of drug-likeness (QED) is 0.712. The van der Waals surface area contributed by atoms with Crippen molar-refractivity contribution in [2.45, 2.75) is 23.8 Å². The van der Waals surface area contributed by atoms with Crippen molar-refractivity contribution in [3.05, 3.63) is 29.6 Å². The standard InChI is InChI=1S/C12H13FN2O5S/c13-10-3-2-8(5-9(10)12(17)18)21(19,20)14-6-7-1-4-11(16)15-7/h2-3,5,7,14H,1,4,6H2,(H,15,16)(H,17,18).